The number of aromatic nitrogens is 1. The van der Waals surface area contributed by atoms with Gasteiger partial charge in [0.25, 0.3) is 0 Å². The van der Waals surface area contributed by atoms with Crippen LogP contribution in [0.5, 0.6) is 0 Å². The minimum atomic E-state index is 0.0866. The summed E-state index contributed by atoms with van der Waals surface area (Å²) >= 11 is 0. The van der Waals surface area contributed by atoms with E-state index in [4.69, 9.17) is 9.73 Å². The van der Waals surface area contributed by atoms with Gasteiger partial charge in [0.2, 0.25) is 5.90 Å². The molecule has 2 heterocycles. The van der Waals surface area contributed by atoms with E-state index >= 15 is 0 Å². The van der Waals surface area contributed by atoms with Gasteiger partial charge in [-0.15, -0.1) is 0 Å². The summed E-state index contributed by atoms with van der Waals surface area (Å²) < 4.78 is 8.09. The van der Waals surface area contributed by atoms with Gasteiger partial charge in [0.1, 0.15) is 18.3 Å². The molecule has 1 aliphatic rings. The van der Waals surface area contributed by atoms with Crippen LogP contribution in [0, 0.1) is 6.92 Å². The normalized spacial score (nSPS) is 16.7. The third kappa shape index (κ3) is 2.98. The molecule has 3 aromatic rings. The standard InChI is InChI=1S/C21H20N2O/c1-16-7-5-8-17(13-16)14-23-12-6-11-20(23)21-22-19(15-24-21)18-9-3-2-4-10-18/h2-13,19H,14-15H2,1H3/t19-/m1/s1. The smallest absolute Gasteiger partial charge is 0.234 e. The highest BCUT2D eigenvalue weighted by atomic mass is 16.5. The molecule has 0 amide bonds. The van der Waals surface area contributed by atoms with Gasteiger partial charge in [0, 0.05) is 12.7 Å². The van der Waals surface area contributed by atoms with Crippen LogP contribution >= 0.6 is 0 Å². The fourth-order valence-electron chi connectivity index (χ4n) is 3.11. The molecule has 0 saturated heterocycles. The minimum absolute atomic E-state index is 0.0866. The quantitative estimate of drug-likeness (QED) is 0.702. The molecule has 0 saturated carbocycles. The first-order chi connectivity index (χ1) is 11.8. The number of nitrogens with zero attached hydrogens (tertiary/aromatic N) is 2. The summed E-state index contributed by atoms with van der Waals surface area (Å²) in [5, 5.41) is 0. The molecule has 1 aliphatic heterocycles. The lowest BCUT2D eigenvalue weighted by Crippen LogP contribution is -2.10. The van der Waals surface area contributed by atoms with Crippen molar-refractivity contribution in [1.82, 2.24) is 4.57 Å². The van der Waals surface area contributed by atoms with Crippen LogP contribution in [0.25, 0.3) is 0 Å². The second kappa shape index (κ2) is 6.36. The van der Waals surface area contributed by atoms with Gasteiger partial charge in [-0.05, 0) is 30.2 Å². The van der Waals surface area contributed by atoms with E-state index in [0.717, 1.165) is 18.1 Å². The summed E-state index contributed by atoms with van der Waals surface area (Å²) in [4.78, 5) is 4.79. The van der Waals surface area contributed by atoms with Crippen molar-refractivity contribution in [1.29, 1.82) is 0 Å². The minimum Gasteiger partial charge on any atom is -0.474 e. The number of rotatable bonds is 4. The molecule has 1 atom stereocenters. The van der Waals surface area contributed by atoms with Gasteiger partial charge in [-0.25, -0.2) is 4.99 Å². The van der Waals surface area contributed by atoms with Gasteiger partial charge in [-0.3, -0.25) is 0 Å². The lowest BCUT2D eigenvalue weighted by molar-refractivity contribution is 0.318. The SMILES string of the molecule is Cc1cccc(Cn2cccc2C2=N[C@@H](c3ccccc3)CO2)c1. The summed E-state index contributed by atoms with van der Waals surface area (Å²) in [6, 6.07) is 23.1. The fraction of sp³-hybridized carbons (Fsp3) is 0.190. The summed E-state index contributed by atoms with van der Waals surface area (Å²) in [5.41, 5.74) is 4.80. The first-order valence-corrected chi connectivity index (χ1v) is 8.26. The number of ether oxygens (including phenoxy) is 1. The number of aryl methyl sites for hydroxylation is 1. The van der Waals surface area contributed by atoms with Crippen LogP contribution in [0.3, 0.4) is 0 Å². The second-order valence-corrected chi connectivity index (χ2v) is 6.18. The highest BCUT2D eigenvalue weighted by Crippen LogP contribution is 2.25. The van der Waals surface area contributed by atoms with Crippen molar-refractivity contribution in [2.75, 3.05) is 6.61 Å². The number of benzene rings is 2. The Hall–Kier alpha value is -2.81. The highest BCUT2D eigenvalue weighted by Gasteiger charge is 2.23. The average Bonchev–Trinajstić information content (AvgIpc) is 3.25. The van der Waals surface area contributed by atoms with Gasteiger partial charge in [-0.2, -0.15) is 0 Å². The molecule has 0 spiro atoms. The molecule has 0 radical (unpaired) electrons. The zero-order valence-electron chi connectivity index (χ0n) is 13.7. The molecule has 0 bridgehead atoms. The van der Waals surface area contributed by atoms with Crippen LogP contribution in [-0.4, -0.2) is 17.1 Å². The van der Waals surface area contributed by atoms with Crippen molar-refractivity contribution in [3.05, 3.63) is 95.3 Å². The highest BCUT2D eigenvalue weighted by molar-refractivity contribution is 5.93. The van der Waals surface area contributed by atoms with E-state index in [1.54, 1.807) is 0 Å². The third-order valence-corrected chi connectivity index (χ3v) is 4.32. The molecule has 0 aliphatic carbocycles. The Morgan fingerprint density at radius 2 is 1.92 bits per heavy atom. The monoisotopic (exact) mass is 316 g/mol. The summed E-state index contributed by atoms with van der Waals surface area (Å²) in [7, 11) is 0. The van der Waals surface area contributed by atoms with Crippen molar-refractivity contribution in [3.8, 4) is 0 Å². The lowest BCUT2D eigenvalue weighted by Gasteiger charge is -2.09. The first kappa shape index (κ1) is 14.8. The molecule has 3 heteroatoms. The predicted molar refractivity (Wildman–Crippen MR) is 96.4 cm³/mol. The van der Waals surface area contributed by atoms with Gasteiger partial charge < -0.3 is 9.30 Å². The molecular weight excluding hydrogens is 296 g/mol. The van der Waals surface area contributed by atoms with Gasteiger partial charge in [0.15, 0.2) is 0 Å². The molecule has 24 heavy (non-hydrogen) atoms. The van der Waals surface area contributed by atoms with Crippen LogP contribution in [0.4, 0.5) is 0 Å². The Kier molecular flexibility index (Phi) is 3.91. The third-order valence-electron chi connectivity index (χ3n) is 4.32. The predicted octanol–water partition coefficient (Wildman–Crippen LogP) is 4.36. The zero-order chi connectivity index (χ0) is 16.4. The number of hydrogen-bond donors (Lipinski definition) is 0. The number of hydrogen-bond acceptors (Lipinski definition) is 2. The molecule has 4 rings (SSSR count). The van der Waals surface area contributed by atoms with Crippen molar-refractivity contribution < 1.29 is 4.74 Å². The Bertz CT molecular complexity index is 864. The molecule has 0 unspecified atom stereocenters. The van der Waals surface area contributed by atoms with E-state index < -0.39 is 0 Å². The maximum atomic E-state index is 5.90. The lowest BCUT2D eigenvalue weighted by atomic mass is 10.1. The molecule has 2 aromatic carbocycles. The molecule has 0 fully saturated rings. The van der Waals surface area contributed by atoms with E-state index in [1.807, 2.05) is 24.3 Å². The Morgan fingerprint density at radius 1 is 1.04 bits per heavy atom. The molecule has 3 nitrogen and oxygen atoms in total. The molecular formula is C21H20N2O. The van der Waals surface area contributed by atoms with Crippen LogP contribution in [0.1, 0.15) is 28.4 Å². The largest absolute Gasteiger partial charge is 0.474 e. The van der Waals surface area contributed by atoms with Crippen LogP contribution in [-0.2, 0) is 11.3 Å². The van der Waals surface area contributed by atoms with Gasteiger partial charge in [-0.1, -0.05) is 60.2 Å². The first-order valence-electron chi connectivity index (χ1n) is 8.26. The maximum Gasteiger partial charge on any atom is 0.234 e. The second-order valence-electron chi connectivity index (χ2n) is 6.18. The number of aliphatic imine (C=N–C) groups is 1. The summed E-state index contributed by atoms with van der Waals surface area (Å²) in [6.45, 7) is 3.55. The van der Waals surface area contributed by atoms with E-state index in [1.165, 1.54) is 16.7 Å². The summed E-state index contributed by atoms with van der Waals surface area (Å²) in [5.74, 6) is 0.738. The topological polar surface area (TPSA) is 26.5 Å². The Morgan fingerprint density at radius 3 is 2.75 bits per heavy atom. The maximum absolute atomic E-state index is 5.90. The van der Waals surface area contributed by atoms with E-state index in [-0.39, 0.29) is 6.04 Å². The van der Waals surface area contributed by atoms with Crippen molar-refractivity contribution >= 4 is 5.90 Å². The van der Waals surface area contributed by atoms with E-state index in [0.29, 0.717) is 6.61 Å². The Labute approximate surface area is 142 Å². The molecule has 1 aromatic heterocycles. The average molecular weight is 316 g/mol. The zero-order valence-corrected chi connectivity index (χ0v) is 13.7. The Balaban J connectivity index is 1.59. The van der Waals surface area contributed by atoms with E-state index in [9.17, 15) is 0 Å². The van der Waals surface area contributed by atoms with Crippen LogP contribution in [0.2, 0.25) is 0 Å². The van der Waals surface area contributed by atoms with E-state index in [2.05, 4.69) is 60.2 Å². The van der Waals surface area contributed by atoms with Gasteiger partial charge in [0.05, 0.1) is 0 Å². The van der Waals surface area contributed by atoms with Crippen molar-refractivity contribution in [3.63, 3.8) is 0 Å². The van der Waals surface area contributed by atoms with Crippen LogP contribution < -0.4 is 0 Å². The molecule has 120 valence electrons. The van der Waals surface area contributed by atoms with Gasteiger partial charge >= 0.3 is 0 Å². The van der Waals surface area contributed by atoms with Crippen molar-refractivity contribution in [2.45, 2.75) is 19.5 Å². The summed E-state index contributed by atoms with van der Waals surface area (Å²) in [6.07, 6.45) is 2.08. The fourth-order valence-corrected chi connectivity index (χ4v) is 3.11. The molecule has 0 N–H and O–H groups in total. The van der Waals surface area contributed by atoms with Crippen LogP contribution in [0.15, 0.2) is 77.9 Å². The van der Waals surface area contributed by atoms with Crippen molar-refractivity contribution in [2.24, 2.45) is 4.99 Å².